The second-order valence-corrected chi connectivity index (χ2v) is 5.69. The molecule has 0 spiro atoms. The molecule has 1 aromatic carbocycles. The summed E-state index contributed by atoms with van der Waals surface area (Å²) >= 11 is 8.37. The summed E-state index contributed by atoms with van der Waals surface area (Å²) in [6, 6.07) is 4.76. The van der Waals surface area contributed by atoms with E-state index in [0.29, 0.717) is 4.99 Å². The highest BCUT2D eigenvalue weighted by atomic mass is 79.9. The Morgan fingerprint density at radius 3 is 2.72 bits per heavy atom. The molecule has 1 rings (SSSR count). The average Bonchev–Trinajstić information content (AvgIpc) is 2.31. The van der Waals surface area contributed by atoms with Crippen LogP contribution in [0.15, 0.2) is 22.7 Å². The van der Waals surface area contributed by atoms with E-state index in [9.17, 15) is 4.39 Å². The second-order valence-electron chi connectivity index (χ2n) is 4.37. The lowest BCUT2D eigenvalue weighted by atomic mass is 10.1. The van der Waals surface area contributed by atoms with E-state index >= 15 is 0 Å². The Kier molecular flexibility index (Phi) is 6.18. The van der Waals surface area contributed by atoms with E-state index in [0.717, 1.165) is 29.7 Å². The molecule has 100 valence electrons. The quantitative estimate of drug-likeness (QED) is 0.810. The fraction of sp³-hybridized carbons (Fsp3) is 0.462. The summed E-state index contributed by atoms with van der Waals surface area (Å²) in [5.74, 6) is -0.0515. The summed E-state index contributed by atoms with van der Waals surface area (Å²) in [6.07, 6.45) is 0. The molecular formula is C13H18BrFN2S. The van der Waals surface area contributed by atoms with Crippen LogP contribution in [0.3, 0.4) is 0 Å². The van der Waals surface area contributed by atoms with Gasteiger partial charge in [-0.15, -0.1) is 0 Å². The van der Waals surface area contributed by atoms with Crippen LogP contribution in [0.4, 0.5) is 4.39 Å². The molecular weight excluding hydrogens is 315 g/mol. The molecule has 1 aromatic rings. The summed E-state index contributed by atoms with van der Waals surface area (Å²) in [5.41, 5.74) is 6.69. The Morgan fingerprint density at radius 2 is 2.22 bits per heavy atom. The van der Waals surface area contributed by atoms with Crippen LogP contribution in [0.2, 0.25) is 0 Å². The molecule has 0 fully saturated rings. The van der Waals surface area contributed by atoms with Gasteiger partial charge < -0.3 is 5.73 Å². The molecule has 2 nitrogen and oxygen atoms in total. The predicted molar refractivity (Wildman–Crippen MR) is 81.0 cm³/mol. The minimum absolute atomic E-state index is 0.180. The Labute approximate surface area is 121 Å². The molecule has 0 saturated carbocycles. The van der Waals surface area contributed by atoms with Crippen LogP contribution >= 0.6 is 28.1 Å². The van der Waals surface area contributed by atoms with E-state index < -0.39 is 0 Å². The first kappa shape index (κ1) is 15.5. The maximum atomic E-state index is 13.0. The van der Waals surface area contributed by atoms with Crippen LogP contribution < -0.4 is 5.73 Å². The number of rotatable bonds is 6. The van der Waals surface area contributed by atoms with Gasteiger partial charge in [0.25, 0.3) is 0 Å². The lowest BCUT2D eigenvalue weighted by Crippen LogP contribution is -2.33. The molecule has 0 amide bonds. The standard InChI is InChI=1S/C13H18BrFN2S/c1-3-17(7-9(2)13(16)18)8-10-4-5-11(15)6-12(10)14/h4-6,9H,3,7-8H2,1-2H3,(H2,16,18). The summed E-state index contributed by atoms with van der Waals surface area (Å²) < 4.78 is 13.8. The Bertz CT molecular complexity index is 425. The Hall–Kier alpha value is -0.520. The molecule has 0 heterocycles. The molecule has 1 unspecified atom stereocenters. The lowest BCUT2D eigenvalue weighted by Gasteiger charge is -2.24. The maximum absolute atomic E-state index is 13.0. The number of thiocarbonyl (C=S) groups is 1. The van der Waals surface area contributed by atoms with Gasteiger partial charge in [0, 0.05) is 23.5 Å². The first-order valence-electron chi connectivity index (χ1n) is 5.89. The van der Waals surface area contributed by atoms with Crippen LogP contribution in [0.1, 0.15) is 19.4 Å². The van der Waals surface area contributed by atoms with E-state index in [4.69, 9.17) is 18.0 Å². The van der Waals surface area contributed by atoms with E-state index in [1.54, 1.807) is 6.07 Å². The highest BCUT2D eigenvalue weighted by Crippen LogP contribution is 2.20. The van der Waals surface area contributed by atoms with Crippen molar-refractivity contribution < 1.29 is 4.39 Å². The Morgan fingerprint density at radius 1 is 1.56 bits per heavy atom. The summed E-state index contributed by atoms with van der Waals surface area (Å²) in [7, 11) is 0. The van der Waals surface area contributed by atoms with E-state index in [1.807, 2.05) is 6.92 Å². The molecule has 2 N–H and O–H groups in total. The average molecular weight is 333 g/mol. The van der Waals surface area contributed by atoms with E-state index in [2.05, 4.69) is 27.8 Å². The highest BCUT2D eigenvalue weighted by molar-refractivity contribution is 9.10. The van der Waals surface area contributed by atoms with E-state index in [-0.39, 0.29) is 11.7 Å². The zero-order valence-corrected chi connectivity index (χ0v) is 13.0. The minimum atomic E-state index is -0.231. The van der Waals surface area contributed by atoms with Crippen molar-refractivity contribution in [3.05, 3.63) is 34.1 Å². The van der Waals surface area contributed by atoms with Gasteiger partial charge in [-0.25, -0.2) is 4.39 Å². The predicted octanol–water partition coefficient (Wildman–Crippen LogP) is 3.33. The normalized spacial score (nSPS) is 12.7. The van der Waals surface area contributed by atoms with Gasteiger partial charge in [0.15, 0.2) is 0 Å². The van der Waals surface area contributed by atoms with Crippen LogP contribution in [-0.2, 0) is 6.54 Å². The molecule has 0 aromatic heterocycles. The topological polar surface area (TPSA) is 29.3 Å². The van der Waals surface area contributed by atoms with Crippen molar-refractivity contribution in [3.8, 4) is 0 Å². The van der Waals surface area contributed by atoms with Crippen LogP contribution in [0.5, 0.6) is 0 Å². The van der Waals surface area contributed by atoms with Gasteiger partial charge in [0.05, 0.1) is 4.99 Å². The molecule has 1 atom stereocenters. The van der Waals surface area contributed by atoms with Gasteiger partial charge in [-0.2, -0.15) is 0 Å². The number of halogens is 2. The molecule has 0 saturated heterocycles. The monoisotopic (exact) mass is 332 g/mol. The molecule has 18 heavy (non-hydrogen) atoms. The van der Waals surface area contributed by atoms with Crippen molar-refractivity contribution in [2.75, 3.05) is 13.1 Å². The van der Waals surface area contributed by atoms with Gasteiger partial charge >= 0.3 is 0 Å². The van der Waals surface area contributed by atoms with Crippen molar-refractivity contribution in [3.63, 3.8) is 0 Å². The molecule has 5 heteroatoms. The Balaban J connectivity index is 2.70. The second kappa shape index (κ2) is 7.16. The van der Waals surface area contributed by atoms with Crippen molar-refractivity contribution in [1.29, 1.82) is 0 Å². The van der Waals surface area contributed by atoms with Crippen molar-refractivity contribution in [1.82, 2.24) is 4.90 Å². The van der Waals surface area contributed by atoms with Gasteiger partial charge in [-0.1, -0.05) is 48.1 Å². The molecule has 0 radical (unpaired) electrons. The third kappa shape index (κ3) is 4.63. The lowest BCUT2D eigenvalue weighted by molar-refractivity contribution is 0.263. The summed E-state index contributed by atoms with van der Waals surface area (Å²) in [4.78, 5) is 2.77. The van der Waals surface area contributed by atoms with Crippen LogP contribution in [-0.4, -0.2) is 23.0 Å². The highest BCUT2D eigenvalue weighted by Gasteiger charge is 2.12. The fourth-order valence-electron chi connectivity index (χ4n) is 1.67. The SMILES string of the molecule is CCN(Cc1ccc(F)cc1Br)CC(C)C(N)=S. The summed E-state index contributed by atoms with van der Waals surface area (Å²) in [5, 5.41) is 0. The van der Waals surface area contributed by atoms with Crippen LogP contribution in [0.25, 0.3) is 0 Å². The largest absolute Gasteiger partial charge is 0.393 e. The van der Waals surface area contributed by atoms with Crippen molar-refractivity contribution in [2.45, 2.75) is 20.4 Å². The smallest absolute Gasteiger partial charge is 0.124 e. The number of hydrogen-bond acceptors (Lipinski definition) is 2. The van der Waals surface area contributed by atoms with Gasteiger partial charge in [0.1, 0.15) is 5.82 Å². The van der Waals surface area contributed by atoms with Crippen molar-refractivity contribution in [2.24, 2.45) is 11.7 Å². The van der Waals surface area contributed by atoms with Crippen LogP contribution in [0, 0.1) is 11.7 Å². The van der Waals surface area contributed by atoms with Gasteiger partial charge in [0.2, 0.25) is 0 Å². The number of nitrogens with zero attached hydrogens (tertiary/aromatic N) is 1. The maximum Gasteiger partial charge on any atom is 0.124 e. The van der Waals surface area contributed by atoms with Gasteiger partial charge in [-0.3, -0.25) is 4.90 Å². The number of benzene rings is 1. The third-order valence-corrected chi connectivity index (χ3v) is 4.01. The molecule has 0 aliphatic heterocycles. The van der Waals surface area contributed by atoms with E-state index in [1.165, 1.54) is 12.1 Å². The third-order valence-electron chi connectivity index (χ3n) is 2.87. The summed E-state index contributed by atoms with van der Waals surface area (Å²) in [6.45, 7) is 6.57. The van der Waals surface area contributed by atoms with Crippen molar-refractivity contribution >= 4 is 33.1 Å². The first-order chi connectivity index (χ1) is 8.43. The fourth-order valence-corrected chi connectivity index (χ4v) is 2.22. The molecule has 0 bridgehead atoms. The number of hydrogen-bond donors (Lipinski definition) is 1. The van der Waals surface area contributed by atoms with Gasteiger partial charge in [-0.05, 0) is 24.2 Å². The zero-order valence-electron chi connectivity index (χ0n) is 10.6. The first-order valence-corrected chi connectivity index (χ1v) is 7.09. The molecule has 0 aliphatic carbocycles. The number of nitrogens with two attached hydrogens (primary N) is 1. The molecule has 0 aliphatic rings. The minimum Gasteiger partial charge on any atom is -0.393 e. The zero-order chi connectivity index (χ0) is 13.7.